The van der Waals surface area contributed by atoms with Gasteiger partial charge in [0.15, 0.2) is 17.1 Å². The molecule has 0 aliphatic rings. The Labute approximate surface area is 198 Å². The van der Waals surface area contributed by atoms with E-state index in [2.05, 4.69) is 26.2 Å². The van der Waals surface area contributed by atoms with E-state index in [1.165, 1.54) is 0 Å². The molecule has 0 saturated heterocycles. The second kappa shape index (κ2) is 9.41. The summed E-state index contributed by atoms with van der Waals surface area (Å²) in [6.07, 6.45) is 0. The molecule has 0 spiro atoms. The summed E-state index contributed by atoms with van der Waals surface area (Å²) < 4.78 is 28.0. The van der Waals surface area contributed by atoms with E-state index < -0.39 is 0 Å². The van der Waals surface area contributed by atoms with Gasteiger partial charge in [-0.1, -0.05) is 0 Å². The summed E-state index contributed by atoms with van der Waals surface area (Å²) in [5, 5.41) is 2.88. The SMILES string of the molecule is COc1ccc(C(=O)Nc2ccc3oc(-c4cc(OC)c(OC)c(OC)c4)nc3c2)cc1Br. The molecule has 3 aromatic carbocycles. The molecule has 4 aromatic rings. The van der Waals surface area contributed by atoms with E-state index in [9.17, 15) is 4.79 Å². The van der Waals surface area contributed by atoms with E-state index in [1.807, 2.05) is 0 Å². The third-order valence-corrected chi connectivity index (χ3v) is 5.59. The lowest BCUT2D eigenvalue weighted by Gasteiger charge is -2.12. The van der Waals surface area contributed by atoms with Crippen LogP contribution in [-0.2, 0) is 0 Å². The van der Waals surface area contributed by atoms with E-state index in [0.717, 1.165) is 0 Å². The number of hydrogen-bond acceptors (Lipinski definition) is 7. The fourth-order valence-corrected chi connectivity index (χ4v) is 3.88. The topological polar surface area (TPSA) is 92.1 Å². The molecule has 4 rings (SSSR count). The van der Waals surface area contributed by atoms with Crippen molar-refractivity contribution in [3.8, 4) is 34.5 Å². The first-order valence-electron chi connectivity index (χ1n) is 9.83. The van der Waals surface area contributed by atoms with E-state index in [0.29, 0.717) is 61.3 Å². The van der Waals surface area contributed by atoms with Crippen molar-refractivity contribution in [3.63, 3.8) is 0 Å². The van der Waals surface area contributed by atoms with E-state index >= 15 is 0 Å². The zero-order valence-electron chi connectivity index (χ0n) is 18.4. The van der Waals surface area contributed by atoms with Crippen LogP contribution in [0.1, 0.15) is 10.4 Å². The number of rotatable bonds is 7. The number of nitrogens with one attached hydrogen (secondary N) is 1. The lowest BCUT2D eigenvalue weighted by molar-refractivity contribution is 0.102. The number of methoxy groups -OCH3 is 4. The second-order valence-corrected chi connectivity index (χ2v) is 7.77. The Balaban J connectivity index is 1.63. The number of carbonyl (C=O) groups excluding carboxylic acids is 1. The minimum Gasteiger partial charge on any atom is -0.496 e. The van der Waals surface area contributed by atoms with Crippen LogP contribution in [0.25, 0.3) is 22.6 Å². The molecule has 0 unspecified atom stereocenters. The highest BCUT2D eigenvalue weighted by Gasteiger charge is 2.18. The van der Waals surface area contributed by atoms with E-state index in [1.54, 1.807) is 77.0 Å². The fraction of sp³-hybridized carbons (Fsp3) is 0.167. The van der Waals surface area contributed by atoms with Gasteiger partial charge < -0.3 is 28.7 Å². The van der Waals surface area contributed by atoms with Crippen LogP contribution in [0.3, 0.4) is 0 Å². The largest absolute Gasteiger partial charge is 0.496 e. The van der Waals surface area contributed by atoms with Crippen molar-refractivity contribution in [3.05, 3.63) is 58.6 Å². The zero-order valence-corrected chi connectivity index (χ0v) is 20.0. The first-order chi connectivity index (χ1) is 16.0. The Morgan fingerprint density at radius 3 is 2.18 bits per heavy atom. The van der Waals surface area contributed by atoms with Gasteiger partial charge in [-0.3, -0.25) is 4.79 Å². The number of hydrogen-bond donors (Lipinski definition) is 1. The number of carbonyl (C=O) groups is 1. The average Bonchev–Trinajstić information content (AvgIpc) is 3.26. The molecule has 0 aliphatic carbocycles. The molecule has 0 atom stereocenters. The van der Waals surface area contributed by atoms with Crippen LogP contribution in [0.2, 0.25) is 0 Å². The Morgan fingerprint density at radius 1 is 0.879 bits per heavy atom. The van der Waals surface area contributed by atoms with Crippen molar-refractivity contribution in [1.29, 1.82) is 0 Å². The summed E-state index contributed by atoms with van der Waals surface area (Å²) in [7, 11) is 6.20. The van der Waals surface area contributed by atoms with Gasteiger partial charge in [0.1, 0.15) is 11.3 Å². The zero-order chi connectivity index (χ0) is 23.5. The smallest absolute Gasteiger partial charge is 0.255 e. The molecule has 0 bridgehead atoms. The lowest BCUT2D eigenvalue weighted by atomic mass is 10.2. The Bertz CT molecular complexity index is 1310. The van der Waals surface area contributed by atoms with Gasteiger partial charge >= 0.3 is 0 Å². The third kappa shape index (κ3) is 4.45. The standard InChI is InChI=1S/C24H21BrN2O6/c1-29-18-7-5-13(9-16(18)25)23(28)26-15-6-8-19-17(12-15)27-24(33-19)14-10-20(30-2)22(32-4)21(11-14)31-3/h5-12H,1-4H3,(H,26,28). The average molecular weight is 513 g/mol. The van der Waals surface area contributed by atoms with Crippen LogP contribution in [0.4, 0.5) is 5.69 Å². The number of nitrogens with zero attached hydrogens (tertiary/aromatic N) is 1. The molecule has 1 heterocycles. The van der Waals surface area contributed by atoms with E-state index in [4.69, 9.17) is 23.4 Å². The maximum atomic E-state index is 12.7. The van der Waals surface area contributed by atoms with Crippen LogP contribution in [0.5, 0.6) is 23.0 Å². The third-order valence-electron chi connectivity index (χ3n) is 4.97. The van der Waals surface area contributed by atoms with Gasteiger partial charge in [-0.15, -0.1) is 0 Å². The fourth-order valence-electron chi connectivity index (χ4n) is 3.34. The van der Waals surface area contributed by atoms with E-state index in [-0.39, 0.29) is 5.91 Å². The van der Waals surface area contributed by atoms with Gasteiger partial charge in [-0.25, -0.2) is 4.98 Å². The number of amides is 1. The number of fused-ring (bicyclic) bond motifs is 1. The molecule has 8 nitrogen and oxygen atoms in total. The maximum absolute atomic E-state index is 12.7. The summed E-state index contributed by atoms with van der Waals surface area (Å²) >= 11 is 3.39. The minimum atomic E-state index is -0.258. The number of oxazole rings is 1. The molecule has 33 heavy (non-hydrogen) atoms. The van der Waals surface area contributed by atoms with Crippen molar-refractivity contribution in [2.75, 3.05) is 33.8 Å². The van der Waals surface area contributed by atoms with Gasteiger partial charge in [-0.05, 0) is 64.5 Å². The summed E-state index contributed by atoms with van der Waals surface area (Å²) in [4.78, 5) is 17.2. The summed E-state index contributed by atoms with van der Waals surface area (Å²) in [6.45, 7) is 0. The Morgan fingerprint density at radius 2 is 1.58 bits per heavy atom. The monoisotopic (exact) mass is 512 g/mol. The molecule has 0 fully saturated rings. The van der Waals surface area contributed by atoms with Crippen LogP contribution in [0.15, 0.2) is 57.4 Å². The van der Waals surface area contributed by atoms with Gasteiger partial charge in [-0.2, -0.15) is 0 Å². The van der Waals surface area contributed by atoms with Crippen molar-refractivity contribution in [2.45, 2.75) is 0 Å². The Hall–Kier alpha value is -3.72. The highest BCUT2D eigenvalue weighted by molar-refractivity contribution is 9.10. The van der Waals surface area contributed by atoms with Crippen molar-refractivity contribution in [1.82, 2.24) is 4.98 Å². The first kappa shape index (κ1) is 22.5. The number of benzene rings is 3. The molecule has 1 amide bonds. The molecular formula is C24H21BrN2O6. The summed E-state index contributed by atoms with van der Waals surface area (Å²) in [5.41, 5.74) is 2.90. The lowest BCUT2D eigenvalue weighted by Crippen LogP contribution is -2.11. The maximum Gasteiger partial charge on any atom is 0.255 e. The van der Waals surface area contributed by atoms with Crippen molar-refractivity contribution < 1.29 is 28.2 Å². The summed E-state index contributed by atoms with van der Waals surface area (Å²) in [5.74, 6) is 2.24. The number of aromatic nitrogens is 1. The predicted octanol–water partition coefficient (Wildman–Crippen LogP) is 5.54. The highest BCUT2D eigenvalue weighted by atomic mass is 79.9. The van der Waals surface area contributed by atoms with Crippen molar-refractivity contribution in [2.24, 2.45) is 0 Å². The molecule has 0 saturated carbocycles. The predicted molar refractivity (Wildman–Crippen MR) is 128 cm³/mol. The molecule has 170 valence electrons. The number of ether oxygens (including phenoxy) is 4. The minimum absolute atomic E-state index is 0.258. The summed E-state index contributed by atoms with van der Waals surface area (Å²) in [6, 6.07) is 13.9. The van der Waals surface area contributed by atoms with Crippen LogP contribution >= 0.6 is 15.9 Å². The Kier molecular flexibility index (Phi) is 6.41. The molecule has 9 heteroatoms. The molecule has 1 aromatic heterocycles. The van der Waals surface area contributed by atoms with Crippen LogP contribution < -0.4 is 24.3 Å². The molecule has 0 radical (unpaired) electrons. The highest BCUT2D eigenvalue weighted by Crippen LogP contribution is 2.41. The quantitative estimate of drug-likeness (QED) is 0.347. The number of halogens is 1. The van der Waals surface area contributed by atoms with Gasteiger partial charge in [0.05, 0.1) is 32.9 Å². The van der Waals surface area contributed by atoms with Crippen molar-refractivity contribution >= 4 is 38.6 Å². The first-order valence-corrected chi connectivity index (χ1v) is 10.6. The second-order valence-electron chi connectivity index (χ2n) is 6.92. The molecule has 0 aliphatic heterocycles. The van der Waals surface area contributed by atoms with Gasteiger partial charge in [0.2, 0.25) is 11.6 Å². The van der Waals surface area contributed by atoms with Gasteiger partial charge in [0.25, 0.3) is 5.91 Å². The molecule has 1 N–H and O–H groups in total. The normalized spacial score (nSPS) is 10.7. The molecular weight excluding hydrogens is 492 g/mol. The van der Waals surface area contributed by atoms with Crippen LogP contribution in [-0.4, -0.2) is 39.3 Å². The van der Waals surface area contributed by atoms with Gasteiger partial charge in [0, 0.05) is 16.8 Å². The van der Waals surface area contributed by atoms with Crippen LogP contribution in [0, 0.1) is 0 Å². The number of anilines is 1.